The fourth-order valence-corrected chi connectivity index (χ4v) is 3.14. The molecule has 0 saturated heterocycles. The number of anilines is 1. The lowest BCUT2D eigenvalue weighted by Gasteiger charge is -2.04. The molecule has 0 radical (unpaired) electrons. The van der Waals surface area contributed by atoms with Gasteiger partial charge >= 0.3 is 0 Å². The lowest BCUT2D eigenvalue weighted by molar-refractivity contribution is 0.102. The van der Waals surface area contributed by atoms with E-state index in [9.17, 15) is 4.79 Å². The second-order valence-corrected chi connectivity index (χ2v) is 5.76. The van der Waals surface area contributed by atoms with E-state index < -0.39 is 0 Å². The van der Waals surface area contributed by atoms with Crippen LogP contribution in [0.15, 0.2) is 42.0 Å². The molecule has 0 fully saturated rings. The number of fused-ring (bicyclic) bond motifs is 1. The molecule has 0 spiro atoms. The molecule has 0 unspecified atom stereocenters. The van der Waals surface area contributed by atoms with Crippen molar-refractivity contribution in [1.82, 2.24) is 4.98 Å². The van der Waals surface area contributed by atoms with E-state index in [-0.39, 0.29) is 18.3 Å². The molecule has 1 amide bonds. The van der Waals surface area contributed by atoms with Crippen LogP contribution in [0.1, 0.15) is 15.9 Å². The Kier molecular flexibility index (Phi) is 4.83. The highest BCUT2D eigenvalue weighted by Gasteiger charge is 2.13. The molecule has 21 heavy (non-hydrogen) atoms. The van der Waals surface area contributed by atoms with Crippen molar-refractivity contribution >= 4 is 57.0 Å². The number of pyridine rings is 1. The third-order valence-electron chi connectivity index (χ3n) is 3.02. The van der Waals surface area contributed by atoms with Crippen LogP contribution in [0.4, 0.5) is 5.69 Å². The number of rotatable bonds is 2. The maximum atomic E-state index is 12.3. The van der Waals surface area contributed by atoms with Crippen LogP contribution in [0.25, 0.3) is 10.1 Å². The predicted octanol–water partition coefficient (Wildman–Crippen LogP) is 4.93. The summed E-state index contributed by atoms with van der Waals surface area (Å²) in [6.07, 6.45) is 3.28. The Morgan fingerprint density at radius 2 is 2.19 bits per heavy atom. The SMILES string of the molecule is Cc1cc2scc(C(=O)Nc3cccnc3)c2cc1Cl.Cl. The standard InChI is InChI=1S/C15H11ClN2OS.ClH/c1-9-5-14-11(6-13(9)16)12(8-20-14)15(19)18-10-3-2-4-17-7-10;/h2-8H,1H3,(H,18,19);1H. The van der Waals surface area contributed by atoms with Gasteiger partial charge in [-0.1, -0.05) is 11.6 Å². The molecular formula is C15H12Cl2N2OS. The van der Waals surface area contributed by atoms with Gasteiger partial charge < -0.3 is 5.32 Å². The second kappa shape index (κ2) is 6.43. The third-order valence-corrected chi connectivity index (χ3v) is 4.37. The summed E-state index contributed by atoms with van der Waals surface area (Å²) in [4.78, 5) is 16.3. The van der Waals surface area contributed by atoms with Crippen LogP contribution in [0.2, 0.25) is 5.02 Å². The molecule has 2 aromatic heterocycles. The summed E-state index contributed by atoms with van der Waals surface area (Å²) in [5.41, 5.74) is 2.33. The van der Waals surface area contributed by atoms with Crippen LogP contribution in [-0.2, 0) is 0 Å². The molecule has 6 heteroatoms. The van der Waals surface area contributed by atoms with Crippen molar-refractivity contribution in [2.45, 2.75) is 6.92 Å². The van der Waals surface area contributed by atoms with Crippen LogP contribution in [-0.4, -0.2) is 10.9 Å². The Labute approximate surface area is 137 Å². The van der Waals surface area contributed by atoms with E-state index in [0.29, 0.717) is 16.3 Å². The molecule has 2 heterocycles. The molecule has 3 nitrogen and oxygen atoms in total. The molecule has 0 aliphatic rings. The number of thiophene rings is 1. The van der Waals surface area contributed by atoms with E-state index in [4.69, 9.17) is 11.6 Å². The first kappa shape index (κ1) is 15.8. The van der Waals surface area contributed by atoms with Gasteiger partial charge in [0.2, 0.25) is 0 Å². The maximum Gasteiger partial charge on any atom is 0.257 e. The second-order valence-electron chi connectivity index (χ2n) is 4.44. The predicted molar refractivity (Wildman–Crippen MR) is 91.0 cm³/mol. The topological polar surface area (TPSA) is 42.0 Å². The Morgan fingerprint density at radius 1 is 1.38 bits per heavy atom. The summed E-state index contributed by atoms with van der Waals surface area (Å²) in [7, 11) is 0. The fraction of sp³-hybridized carbons (Fsp3) is 0.0667. The van der Waals surface area contributed by atoms with Crippen LogP contribution in [0.5, 0.6) is 0 Å². The van der Waals surface area contributed by atoms with Gasteiger partial charge in [-0.2, -0.15) is 0 Å². The highest BCUT2D eigenvalue weighted by atomic mass is 35.5. The molecule has 0 aliphatic carbocycles. The van der Waals surface area contributed by atoms with Crippen LogP contribution in [0, 0.1) is 6.92 Å². The van der Waals surface area contributed by atoms with Gasteiger partial charge in [-0.05, 0) is 36.8 Å². The van der Waals surface area contributed by atoms with Crippen molar-refractivity contribution in [3.8, 4) is 0 Å². The number of hydrogen-bond donors (Lipinski definition) is 1. The Balaban J connectivity index is 0.00000161. The summed E-state index contributed by atoms with van der Waals surface area (Å²) >= 11 is 7.68. The minimum absolute atomic E-state index is 0. The largest absolute Gasteiger partial charge is 0.321 e. The first-order chi connectivity index (χ1) is 9.65. The lowest BCUT2D eigenvalue weighted by Crippen LogP contribution is -2.11. The lowest BCUT2D eigenvalue weighted by atomic mass is 10.1. The third kappa shape index (κ3) is 3.18. The van der Waals surface area contributed by atoms with Gasteiger partial charge in [0.15, 0.2) is 0 Å². The highest BCUT2D eigenvalue weighted by Crippen LogP contribution is 2.31. The highest BCUT2D eigenvalue weighted by molar-refractivity contribution is 7.17. The first-order valence-corrected chi connectivity index (χ1v) is 7.29. The van der Waals surface area contributed by atoms with Crippen molar-refractivity contribution in [1.29, 1.82) is 0 Å². The number of hydrogen-bond acceptors (Lipinski definition) is 3. The molecular weight excluding hydrogens is 327 g/mol. The van der Waals surface area contributed by atoms with Gasteiger partial charge in [0.25, 0.3) is 5.91 Å². The van der Waals surface area contributed by atoms with Gasteiger partial charge in [0, 0.05) is 26.7 Å². The van der Waals surface area contributed by atoms with Gasteiger partial charge in [0.05, 0.1) is 17.4 Å². The zero-order chi connectivity index (χ0) is 14.1. The molecule has 0 saturated carbocycles. The monoisotopic (exact) mass is 338 g/mol. The normalized spacial score (nSPS) is 10.2. The van der Waals surface area contributed by atoms with Gasteiger partial charge in [-0.3, -0.25) is 9.78 Å². The number of carbonyl (C=O) groups is 1. The van der Waals surface area contributed by atoms with Crippen LogP contribution >= 0.6 is 35.3 Å². The Morgan fingerprint density at radius 3 is 2.90 bits per heavy atom. The fourth-order valence-electron chi connectivity index (χ4n) is 1.96. The Bertz CT molecular complexity index is 787. The molecule has 108 valence electrons. The average molecular weight is 339 g/mol. The molecule has 1 aromatic carbocycles. The van der Waals surface area contributed by atoms with E-state index in [0.717, 1.165) is 15.6 Å². The summed E-state index contributed by atoms with van der Waals surface area (Å²) < 4.78 is 1.06. The first-order valence-electron chi connectivity index (χ1n) is 6.04. The molecule has 1 N–H and O–H groups in total. The number of aromatic nitrogens is 1. The number of nitrogens with zero attached hydrogens (tertiary/aromatic N) is 1. The number of halogens is 2. The van der Waals surface area contributed by atoms with Crippen molar-refractivity contribution in [2.75, 3.05) is 5.32 Å². The van der Waals surface area contributed by atoms with Gasteiger partial charge in [-0.25, -0.2) is 0 Å². The van der Waals surface area contributed by atoms with E-state index >= 15 is 0 Å². The Hall–Kier alpha value is -1.62. The van der Waals surface area contributed by atoms with Gasteiger partial charge in [-0.15, -0.1) is 23.7 Å². The van der Waals surface area contributed by atoms with Crippen molar-refractivity contribution in [3.63, 3.8) is 0 Å². The van der Waals surface area contributed by atoms with Crippen LogP contribution < -0.4 is 5.32 Å². The molecule has 3 aromatic rings. The number of benzene rings is 1. The van der Waals surface area contributed by atoms with Crippen molar-refractivity contribution in [2.24, 2.45) is 0 Å². The van der Waals surface area contributed by atoms with Gasteiger partial charge in [0.1, 0.15) is 0 Å². The summed E-state index contributed by atoms with van der Waals surface area (Å²) in [5, 5.41) is 6.24. The van der Waals surface area contributed by atoms with E-state index in [1.807, 2.05) is 24.4 Å². The number of aryl methyl sites for hydroxylation is 1. The van der Waals surface area contributed by atoms with Crippen molar-refractivity contribution in [3.05, 3.63) is 58.2 Å². The van der Waals surface area contributed by atoms with Crippen LogP contribution in [0.3, 0.4) is 0 Å². The number of carbonyl (C=O) groups excluding carboxylic acids is 1. The minimum atomic E-state index is -0.149. The maximum absolute atomic E-state index is 12.3. The quantitative estimate of drug-likeness (QED) is 0.719. The summed E-state index contributed by atoms with van der Waals surface area (Å²) in [6.45, 7) is 1.96. The van der Waals surface area contributed by atoms with E-state index in [1.54, 1.807) is 35.9 Å². The summed E-state index contributed by atoms with van der Waals surface area (Å²) in [6, 6.07) is 7.43. The summed E-state index contributed by atoms with van der Waals surface area (Å²) in [5.74, 6) is -0.149. The molecule has 0 atom stereocenters. The number of amides is 1. The zero-order valence-electron chi connectivity index (χ0n) is 11.1. The van der Waals surface area contributed by atoms with Crippen molar-refractivity contribution < 1.29 is 4.79 Å². The molecule has 0 bridgehead atoms. The molecule has 0 aliphatic heterocycles. The zero-order valence-corrected chi connectivity index (χ0v) is 13.5. The number of nitrogens with one attached hydrogen (secondary N) is 1. The van der Waals surface area contributed by atoms with E-state index in [1.165, 1.54) is 0 Å². The molecule has 3 rings (SSSR count). The average Bonchev–Trinajstić information content (AvgIpc) is 2.83. The minimum Gasteiger partial charge on any atom is -0.321 e. The smallest absolute Gasteiger partial charge is 0.257 e. The van der Waals surface area contributed by atoms with E-state index in [2.05, 4.69) is 10.3 Å².